The molecule has 0 aromatic heterocycles. The molecule has 1 amide bonds. The molecular formula is C12H21NO3. The summed E-state index contributed by atoms with van der Waals surface area (Å²) in [5.74, 6) is -0.422. The van der Waals surface area contributed by atoms with Crippen molar-refractivity contribution in [3.63, 3.8) is 0 Å². The number of carbonyl (C=O) groups excluding carboxylic acids is 1. The number of rotatable bonds is 4. The van der Waals surface area contributed by atoms with Crippen molar-refractivity contribution in [1.29, 1.82) is 0 Å². The van der Waals surface area contributed by atoms with Gasteiger partial charge in [0.15, 0.2) is 0 Å². The molecule has 92 valence electrons. The molecule has 0 aromatic carbocycles. The minimum absolute atomic E-state index is 0.0727. The summed E-state index contributed by atoms with van der Waals surface area (Å²) in [5, 5.41) is 18.7. The largest absolute Gasteiger partial charge is 0.396 e. The maximum Gasteiger partial charge on any atom is 0.244 e. The SMILES string of the molecule is NC(=O)/C1=C(\[C@H](O)CCO)CCCCCC1. The Hall–Kier alpha value is -0.870. The molecule has 1 aliphatic carbocycles. The van der Waals surface area contributed by atoms with Gasteiger partial charge in [0.05, 0.1) is 6.10 Å². The smallest absolute Gasteiger partial charge is 0.244 e. The van der Waals surface area contributed by atoms with Gasteiger partial charge in [-0.15, -0.1) is 0 Å². The van der Waals surface area contributed by atoms with Crippen LogP contribution in [0.5, 0.6) is 0 Å². The molecule has 4 heteroatoms. The highest BCUT2D eigenvalue weighted by Crippen LogP contribution is 2.26. The molecule has 1 aliphatic rings. The number of aliphatic hydroxyl groups is 2. The fourth-order valence-corrected chi connectivity index (χ4v) is 2.23. The summed E-state index contributed by atoms with van der Waals surface area (Å²) in [7, 11) is 0. The van der Waals surface area contributed by atoms with Crippen molar-refractivity contribution in [2.24, 2.45) is 5.73 Å². The fraction of sp³-hybridized carbons (Fsp3) is 0.750. The molecule has 1 atom stereocenters. The van der Waals surface area contributed by atoms with Gasteiger partial charge < -0.3 is 15.9 Å². The van der Waals surface area contributed by atoms with Crippen LogP contribution in [-0.2, 0) is 4.79 Å². The number of amides is 1. The van der Waals surface area contributed by atoms with Crippen LogP contribution >= 0.6 is 0 Å². The van der Waals surface area contributed by atoms with E-state index >= 15 is 0 Å². The lowest BCUT2D eigenvalue weighted by Gasteiger charge is -2.20. The number of nitrogens with two attached hydrogens (primary N) is 1. The molecule has 0 bridgehead atoms. The number of aliphatic hydroxyl groups excluding tert-OH is 2. The summed E-state index contributed by atoms with van der Waals surface area (Å²) in [5.41, 5.74) is 6.68. The van der Waals surface area contributed by atoms with Gasteiger partial charge in [0.25, 0.3) is 0 Å². The second kappa shape index (κ2) is 6.66. The summed E-state index contributed by atoms with van der Waals surface area (Å²) in [4.78, 5) is 11.3. The van der Waals surface area contributed by atoms with Crippen LogP contribution < -0.4 is 5.73 Å². The molecule has 0 aromatic rings. The average molecular weight is 227 g/mol. The molecule has 0 heterocycles. The van der Waals surface area contributed by atoms with Crippen molar-refractivity contribution >= 4 is 5.91 Å². The van der Waals surface area contributed by atoms with Crippen molar-refractivity contribution in [2.45, 2.75) is 51.0 Å². The highest BCUT2D eigenvalue weighted by atomic mass is 16.3. The van der Waals surface area contributed by atoms with E-state index in [1.165, 1.54) is 0 Å². The lowest BCUT2D eigenvalue weighted by molar-refractivity contribution is -0.114. The van der Waals surface area contributed by atoms with Gasteiger partial charge in [0, 0.05) is 18.6 Å². The predicted octanol–water partition coefficient (Wildman–Crippen LogP) is 0.866. The molecular weight excluding hydrogens is 206 g/mol. The van der Waals surface area contributed by atoms with E-state index in [4.69, 9.17) is 10.8 Å². The highest BCUT2D eigenvalue weighted by Gasteiger charge is 2.20. The standard InChI is InChI=1S/C12H21NO3/c13-12(16)10-6-4-2-1-3-5-9(10)11(15)7-8-14/h11,14-15H,1-8H2,(H2,13,16)/b10-9-/t11-/m1/s1. The van der Waals surface area contributed by atoms with E-state index in [2.05, 4.69) is 0 Å². The third-order valence-electron chi connectivity index (χ3n) is 3.11. The molecule has 0 spiro atoms. The first-order valence-corrected chi connectivity index (χ1v) is 5.97. The van der Waals surface area contributed by atoms with Crippen LogP contribution in [0.1, 0.15) is 44.9 Å². The zero-order valence-corrected chi connectivity index (χ0v) is 9.61. The lowest BCUT2D eigenvalue weighted by atomic mass is 9.89. The zero-order chi connectivity index (χ0) is 12.0. The summed E-state index contributed by atoms with van der Waals surface area (Å²) < 4.78 is 0. The third-order valence-corrected chi connectivity index (χ3v) is 3.11. The number of hydrogen-bond acceptors (Lipinski definition) is 3. The van der Waals surface area contributed by atoms with Gasteiger partial charge in [-0.3, -0.25) is 4.79 Å². The molecule has 0 radical (unpaired) electrons. The van der Waals surface area contributed by atoms with Crippen LogP contribution in [0.2, 0.25) is 0 Å². The zero-order valence-electron chi connectivity index (χ0n) is 9.61. The molecule has 1 rings (SSSR count). The Kier molecular flexibility index (Phi) is 5.49. The first-order chi connectivity index (χ1) is 7.66. The van der Waals surface area contributed by atoms with Gasteiger partial charge in [-0.2, -0.15) is 0 Å². The summed E-state index contributed by atoms with van der Waals surface area (Å²) in [6.07, 6.45) is 5.12. The van der Waals surface area contributed by atoms with Crippen LogP contribution in [0.15, 0.2) is 11.1 Å². The highest BCUT2D eigenvalue weighted by molar-refractivity contribution is 5.92. The van der Waals surface area contributed by atoms with E-state index < -0.39 is 12.0 Å². The third kappa shape index (κ3) is 3.61. The Bertz CT molecular complexity index is 273. The van der Waals surface area contributed by atoms with Crippen LogP contribution in [-0.4, -0.2) is 28.8 Å². The molecule has 4 N–H and O–H groups in total. The number of primary amides is 1. The van der Waals surface area contributed by atoms with E-state index in [1.807, 2.05) is 0 Å². The summed E-state index contributed by atoms with van der Waals surface area (Å²) in [6, 6.07) is 0. The average Bonchev–Trinajstić information content (AvgIpc) is 2.16. The van der Waals surface area contributed by atoms with Crippen molar-refractivity contribution in [3.8, 4) is 0 Å². The first-order valence-electron chi connectivity index (χ1n) is 5.97. The maximum atomic E-state index is 11.3. The lowest BCUT2D eigenvalue weighted by Crippen LogP contribution is -2.23. The van der Waals surface area contributed by atoms with E-state index in [-0.39, 0.29) is 13.0 Å². The first kappa shape index (κ1) is 13.2. The fourth-order valence-electron chi connectivity index (χ4n) is 2.23. The molecule has 0 unspecified atom stereocenters. The predicted molar refractivity (Wildman–Crippen MR) is 61.6 cm³/mol. The Morgan fingerprint density at radius 3 is 2.44 bits per heavy atom. The Morgan fingerprint density at radius 1 is 1.25 bits per heavy atom. The topological polar surface area (TPSA) is 83.6 Å². The van der Waals surface area contributed by atoms with Gasteiger partial charge in [0.2, 0.25) is 5.91 Å². The van der Waals surface area contributed by atoms with Crippen LogP contribution in [0.3, 0.4) is 0 Å². The Labute approximate surface area is 96.1 Å². The van der Waals surface area contributed by atoms with Gasteiger partial charge >= 0.3 is 0 Å². The molecule has 4 nitrogen and oxygen atoms in total. The summed E-state index contributed by atoms with van der Waals surface area (Å²) >= 11 is 0. The van der Waals surface area contributed by atoms with Gasteiger partial charge in [-0.05, 0) is 31.3 Å². The Balaban J connectivity index is 2.89. The van der Waals surface area contributed by atoms with Crippen molar-refractivity contribution in [3.05, 3.63) is 11.1 Å². The van der Waals surface area contributed by atoms with E-state index in [1.54, 1.807) is 0 Å². The second-order valence-corrected chi connectivity index (χ2v) is 4.31. The quantitative estimate of drug-likeness (QED) is 0.666. The monoisotopic (exact) mass is 227 g/mol. The van der Waals surface area contributed by atoms with Crippen LogP contribution in [0.4, 0.5) is 0 Å². The molecule has 16 heavy (non-hydrogen) atoms. The molecule has 0 aliphatic heterocycles. The van der Waals surface area contributed by atoms with E-state index in [9.17, 15) is 9.90 Å². The van der Waals surface area contributed by atoms with Crippen LogP contribution in [0, 0.1) is 0 Å². The van der Waals surface area contributed by atoms with Crippen molar-refractivity contribution in [2.75, 3.05) is 6.61 Å². The molecule has 0 saturated heterocycles. The summed E-state index contributed by atoms with van der Waals surface area (Å²) in [6.45, 7) is -0.0727. The number of carbonyl (C=O) groups is 1. The van der Waals surface area contributed by atoms with Crippen LogP contribution in [0.25, 0.3) is 0 Å². The molecule has 0 fully saturated rings. The minimum atomic E-state index is -0.717. The second-order valence-electron chi connectivity index (χ2n) is 4.31. The normalized spacial score (nSPS) is 24.6. The van der Waals surface area contributed by atoms with Gasteiger partial charge in [-0.1, -0.05) is 12.8 Å². The van der Waals surface area contributed by atoms with Crippen molar-refractivity contribution in [1.82, 2.24) is 0 Å². The van der Waals surface area contributed by atoms with E-state index in [0.29, 0.717) is 12.0 Å². The van der Waals surface area contributed by atoms with Crippen molar-refractivity contribution < 1.29 is 15.0 Å². The minimum Gasteiger partial charge on any atom is -0.396 e. The van der Waals surface area contributed by atoms with Gasteiger partial charge in [0.1, 0.15) is 0 Å². The number of hydrogen-bond donors (Lipinski definition) is 3. The Morgan fingerprint density at radius 2 is 1.88 bits per heavy atom. The maximum absolute atomic E-state index is 11.3. The van der Waals surface area contributed by atoms with E-state index in [0.717, 1.165) is 37.7 Å². The molecule has 0 saturated carbocycles. The van der Waals surface area contributed by atoms with Gasteiger partial charge in [-0.25, -0.2) is 0 Å².